The SMILES string of the molecule is CC(C)[NH+](CC(=O)c1cccs1)Cc1ccccc1. The van der Waals surface area contributed by atoms with Crippen LogP contribution in [0.25, 0.3) is 0 Å². The fourth-order valence-corrected chi connectivity index (χ4v) is 2.72. The van der Waals surface area contributed by atoms with E-state index in [-0.39, 0.29) is 5.78 Å². The lowest BCUT2D eigenvalue weighted by molar-refractivity contribution is -0.926. The van der Waals surface area contributed by atoms with Crippen molar-refractivity contribution in [2.45, 2.75) is 26.4 Å². The number of rotatable bonds is 6. The highest BCUT2D eigenvalue weighted by Gasteiger charge is 2.19. The molecule has 1 N–H and O–H groups in total. The van der Waals surface area contributed by atoms with Gasteiger partial charge in [-0.2, -0.15) is 0 Å². The lowest BCUT2D eigenvalue weighted by atomic mass is 10.1. The summed E-state index contributed by atoms with van der Waals surface area (Å²) in [5, 5.41) is 1.96. The molecule has 0 aliphatic rings. The Labute approximate surface area is 118 Å². The third-order valence-electron chi connectivity index (χ3n) is 3.27. The second kappa shape index (κ2) is 6.64. The number of benzene rings is 1. The Morgan fingerprint density at radius 2 is 1.89 bits per heavy atom. The number of carbonyl (C=O) groups is 1. The summed E-state index contributed by atoms with van der Waals surface area (Å²) in [4.78, 5) is 14.4. The summed E-state index contributed by atoms with van der Waals surface area (Å²) in [6.45, 7) is 5.79. The topological polar surface area (TPSA) is 21.5 Å². The maximum absolute atomic E-state index is 12.2. The molecule has 0 saturated heterocycles. The highest BCUT2D eigenvalue weighted by molar-refractivity contribution is 7.12. The maximum atomic E-state index is 12.2. The molecule has 19 heavy (non-hydrogen) atoms. The van der Waals surface area contributed by atoms with Gasteiger partial charge in [0.1, 0.15) is 13.1 Å². The summed E-state index contributed by atoms with van der Waals surface area (Å²) in [6.07, 6.45) is 0. The van der Waals surface area contributed by atoms with Gasteiger partial charge in [-0.25, -0.2) is 0 Å². The van der Waals surface area contributed by atoms with E-state index in [1.54, 1.807) is 0 Å². The largest absolute Gasteiger partial charge is 0.323 e. The van der Waals surface area contributed by atoms with Crippen LogP contribution in [0.4, 0.5) is 0 Å². The zero-order valence-electron chi connectivity index (χ0n) is 11.4. The Balaban J connectivity index is 2.03. The normalized spacial score (nSPS) is 12.6. The van der Waals surface area contributed by atoms with Crippen molar-refractivity contribution in [1.29, 1.82) is 0 Å². The first-order chi connectivity index (χ1) is 9.16. The van der Waals surface area contributed by atoms with Crippen LogP contribution in [-0.2, 0) is 6.54 Å². The summed E-state index contributed by atoms with van der Waals surface area (Å²) in [5.74, 6) is 0.245. The van der Waals surface area contributed by atoms with Crippen LogP contribution in [0.5, 0.6) is 0 Å². The molecule has 2 nitrogen and oxygen atoms in total. The van der Waals surface area contributed by atoms with Gasteiger partial charge < -0.3 is 4.90 Å². The first kappa shape index (κ1) is 14.0. The van der Waals surface area contributed by atoms with Gasteiger partial charge in [0.2, 0.25) is 5.78 Å². The van der Waals surface area contributed by atoms with Crippen LogP contribution in [0, 0.1) is 0 Å². The molecule has 0 amide bonds. The smallest absolute Gasteiger partial charge is 0.226 e. The van der Waals surface area contributed by atoms with Crippen molar-refractivity contribution in [2.24, 2.45) is 0 Å². The first-order valence-electron chi connectivity index (χ1n) is 6.62. The second-order valence-corrected chi connectivity index (χ2v) is 6.00. The van der Waals surface area contributed by atoms with Crippen LogP contribution < -0.4 is 4.90 Å². The van der Waals surface area contributed by atoms with E-state index in [1.165, 1.54) is 21.8 Å². The van der Waals surface area contributed by atoms with Crippen LogP contribution in [0.3, 0.4) is 0 Å². The molecule has 0 aliphatic heterocycles. The van der Waals surface area contributed by atoms with Gasteiger partial charge in [-0.05, 0) is 25.3 Å². The monoisotopic (exact) mass is 274 g/mol. The van der Waals surface area contributed by atoms with Gasteiger partial charge in [0.25, 0.3) is 0 Å². The van der Waals surface area contributed by atoms with E-state index in [9.17, 15) is 4.79 Å². The molecule has 0 radical (unpaired) electrons. The summed E-state index contributed by atoms with van der Waals surface area (Å²) in [5.41, 5.74) is 1.28. The lowest BCUT2D eigenvalue weighted by Crippen LogP contribution is -3.14. The minimum atomic E-state index is 0.245. The molecule has 0 bridgehead atoms. The Morgan fingerprint density at radius 3 is 2.47 bits per heavy atom. The predicted molar refractivity (Wildman–Crippen MR) is 79.8 cm³/mol. The molecule has 2 rings (SSSR count). The number of thiophene rings is 1. The number of hydrogen-bond acceptors (Lipinski definition) is 2. The molecular weight excluding hydrogens is 254 g/mol. The molecule has 1 unspecified atom stereocenters. The summed E-state index contributed by atoms with van der Waals surface area (Å²) in [6, 6.07) is 14.6. The van der Waals surface area contributed by atoms with Crippen LogP contribution in [0.15, 0.2) is 47.8 Å². The van der Waals surface area contributed by atoms with Crippen molar-refractivity contribution in [3.8, 4) is 0 Å². The quantitative estimate of drug-likeness (QED) is 0.803. The fourth-order valence-electron chi connectivity index (χ4n) is 2.06. The van der Waals surface area contributed by atoms with E-state index in [2.05, 4.69) is 26.0 Å². The van der Waals surface area contributed by atoms with Crippen molar-refractivity contribution >= 4 is 17.1 Å². The fraction of sp³-hybridized carbons (Fsp3) is 0.312. The number of hydrogen-bond donors (Lipinski definition) is 1. The molecule has 1 heterocycles. The van der Waals surface area contributed by atoms with Crippen LogP contribution >= 0.6 is 11.3 Å². The minimum Gasteiger partial charge on any atom is -0.323 e. The Kier molecular flexibility index (Phi) is 4.88. The average molecular weight is 274 g/mol. The Hall–Kier alpha value is -1.45. The molecule has 1 aromatic carbocycles. The lowest BCUT2D eigenvalue weighted by Gasteiger charge is -2.22. The van der Waals surface area contributed by atoms with Gasteiger partial charge in [0.05, 0.1) is 10.9 Å². The van der Waals surface area contributed by atoms with Gasteiger partial charge in [-0.3, -0.25) is 4.79 Å². The summed E-state index contributed by atoms with van der Waals surface area (Å²) in [7, 11) is 0. The molecular formula is C16H20NOS+. The average Bonchev–Trinajstić information content (AvgIpc) is 2.93. The zero-order chi connectivity index (χ0) is 13.7. The van der Waals surface area contributed by atoms with Crippen LogP contribution in [-0.4, -0.2) is 18.4 Å². The maximum Gasteiger partial charge on any atom is 0.226 e. The molecule has 1 atom stereocenters. The number of ketones is 1. The first-order valence-corrected chi connectivity index (χ1v) is 7.50. The van der Waals surface area contributed by atoms with E-state index in [0.717, 1.165) is 11.4 Å². The van der Waals surface area contributed by atoms with Crippen molar-refractivity contribution in [2.75, 3.05) is 6.54 Å². The molecule has 0 fully saturated rings. The second-order valence-electron chi connectivity index (χ2n) is 5.05. The van der Waals surface area contributed by atoms with E-state index < -0.39 is 0 Å². The standard InChI is InChI=1S/C16H19NOS/c1-13(2)17(11-14-7-4-3-5-8-14)12-15(18)16-9-6-10-19-16/h3-10,13H,11-12H2,1-2H3/p+1. The van der Waals surface area contributed by atoms with Crippen molar-refractivity contribution in [1.82, 2.24) is 0 Å². The van der Waals surface area contributed by atoms with Gasteiger partial charge in [-0.1, -0.05) is 36.4 Å². The van der Waals surface area contributed by atoms with Gasteiger partial charge in [0.15, 0.2) is 0 Å². The molecule has 2 aromatic rings. The van der Waals surface area contributed by atoms with E-state index in [1.807, 2.05) is 35.7 Å². The van der Waals surface area contributed by atoms with E-state index in [0.29, 0.717) is 12.6 Å². The molecule has 0 saturated carbocycles. The van der Waals surface area contributed by atoms with E-state index in [4.69, 9.17) is 0 Å². The van der Waals surface area contributed by atoms with Gasteiger partial charge in [0, 0.05) is 5.56 Å². The van der Waals surface area contributed by atoms with Gasteiger partial charge >= 0.3 is 0 Å². The Morgan fingerprint density at radius 1 is 1.16 bits per heavy atom. The number of Topliss-reactive ketones (excluding diaryl/α,β-unsaturated/α-hetero) is 1. The molecule has 1 aromatic heterocycles. The van der Waals surface area contributed by atoms with Crippen molar-refractivity contribution < 1.29 is 9.69 Å². The zero-order valence-corrected chi connectivity index (χ0v) is 12.2. The van der Waals surface area contributed by atoms with Crippen LogP contribution in [0.1, 0.15) is 29.1 Å². The molecule has 3 heteroatoms. The molecule has 0 aliphatic carbocycles. The van der Waals surface area contributed by atoms with Crippen molar-refractivity contribution in [3.05, 3.63) is 58.3 Å². The van der Waals surface area contributed by atoms with Gasteiger partial charge in [-0.15, -0.1) is 11.3 Å². The highest BCUT2D eigenvalue weighted by atomic mass is 32.1. The predicted octanol–water partition coefficient (Wildman–Crippen LogP) is 2.42. The number of carbonyl (C=O) groups excluding carboxylic acids is 1. The van der Waals surface area contributed by atoms with Crippen molar-refractivity contribution in [3.63, 3.8) is 0 Å². The Bertz CT molecular complexity index is 505. The van der Waals surface area contributed by atoms with E-state index >= 15 is 0 Å². The summed E-state index contributed by atoms with van der Waals surface area (Å²) >= 11 is 1.53. The minimum absolute atomic E-state index is 0.245. The number of quaternary nitrogens is 1. The molecule has 0 spiro atoms. The highest BCUT2D eigenvalue weighted by Crippen LogP contribution is 2.08. The van der Waals surface area contributed by atoms with Crippen LogP contribution in [0.2, 0.25) is 0 Å². The molecule has 100 valence electrons. The summed E-state index contributed by atoms with van der Waals surface area (Å²) < 4.78 is 0. The number of nitrogens with one attached hydrogen (secondary N) is 1. The third-order valence-corrected chi connectivity index (χ3v) is 4.19. The third kappa shape index (κ3) is 4.01.